The molecule has 0 atom stereocenters. The Balaban J connectivity index is 0.00000324. The Morgan fingerprint density at radius 2 is 1.78 bits per heavy atom. The molecule has 2 aromatic rings. The summed E-state index contributed by atoms with van der Waals surface area (Å²) in [7, 11) is -3.48. The third-order valence-electron chi connectivity index (χ3n) is 5.82. The molecule has 0 spiro atoms. The largest absolute Gasteiger partial charge is 0.490 e. The minimum absolute atomic E-state index is 0. The molecule has 0 saturated carbocycles. The van der Waals surface area contributed by atoms with Crippen LogP contribution < -0.4 is 14.8 Å². The zero-order valence-electron chi connectivity index (χ0n) is 20.5. The van der Waals surface area contributed by atoms with E-state index in [9.17, 15) is 8.42 Å². The first-order chi connectivity index (χ1) is 16.2. The molecular weight excluding hydrogens is 521 g/mol. The summed E-state index contributed by atoms with van der Waals surface area (Å²) in [6, 6.07) is 14.4. The summed E-state index contributed by atoms with van der Waals surface area (Å²) in [5.41, 5.74) is 7.59. The van der Waals surface area contributed by atoms with E-state index < -0.39 is 10.0 Å². The monoisotopic (exact) mass is 555 g/mol. The summed E-state index contributed by atoms with van der Waals surface area (Å²) >= 11 is 0. The molecule has 1 fully saturated rings. The van der Waals surface area contributed by atoms with Crippen LogP contribution in [0.4, 0.5) is 5.69 Å². The molecule has 1 saturated heterocycles. The van der Waals surface area contributed by atoms with Gasteiger partial charge in [0.25, 0.3) is 0 Å². The third kappa shape index (κ3) is 8.43. The van der Waals surface area contributed by atoms with E-state index in [0.29, 0.717) is 22.8 Å². The molecule has 8 nitrogen and oxygen atoms in total. The number of halogens is 2. The van der Waals surface area contributed by atoms with Crippen LogP contribution in [0.5, 0.6) is 5.75 Å². The second kappa shape index (κ2) is 14.1. The Kier molecular flexibility index (Phi) is 12.3. The number of hydrogen-bond acceptors (Lipinski definition) is 5. The van der Waals surface area contributed by atoms with E-state index >= 15 is 0 Å². The first-order valence-electron chi connectivity index (χ1n) is 11.4. The molecule has 0 amide bonds. The van der Waals surface area contributed by atoms with E-state index in [2.05, 4.69) is 0 Å². The van der Waals surface area contributed by atoms with Gasteiger partial charge >= 0.3 is 0 Å². The van der Waals surface area contributed by atoms with Crippen molar-refractivity contribution in [1.82, 2.24) is 4.90 Å². The van der Waals surface area contributed by atoms with Gasteiger partial charge in [0.15, 0.2) is 0 Å². The number of likely N-dealkylation sites (tertiary alicyclic amines) is 1. The highest BCUT2D eigenvalue weighted by Gasteiger charge is 2.22. The SMILES string of the molecule is CCS(=O)(=O)N(C/C=C/c1cccc(C(=N)N)c1)c1ccc(OC2CCN(C(C)=N)CC2)cc1.Cl.Cl. The third-order valence-corrected chi connectivity index (χ3v) is 7.58. The number of nitrogens with two attached hydrogens (primary N) is 1. The van der Waals surface area contributed by atoms with Gasteiger partial charge in [-0.25, -0.2) is 8.42 Å². The van der Waals surface area contributed by atoms with E-state index in [1.54, 1.807) is 44.2 Å². The molecule has 1 heterocycles. The maximum absolute atomic E-state index is 12.8. The van der Waals surface area contributed by atoms with Gasteiger partial charge in [-0.2, -0.15) is 0 Å². The Labute approximate surface area is 226 Å². The van der Waals surface area contributed by atoms with Crippen molar-refractivity contribution in [2.75, 3.05) is 29.7 Å². The number of ether oxygens (including phenoxy) is 1. The molecular formula is C25H35Cl2N5O3S. The lowest BCUT2D eigenvalue weighted by molar-refractivity contribution is 0.130. The summed E-state index contributed by atoms with van der Waals surface area (Å²) in [4.78, 5) is 2.04. The molecule has 0 unspecified atom stereocenters. The van der Waals surface area contributed by atoms with E-state index in [1.165, 1.54) is 4.31 Å². The topological polar surface area (TPSA) is 124 Å². The maximum atomic E-state index is 12.8. The molecule has 1 aliphatic rings. The molecule has 36 heavy (non-hydrogen) atoms. The Bertz CT molecular complexity index is 1150. The molecule has 2 aromatic carbocycles. The molecule has 0 radical (unpaired) electrons. The van der Waals surface area contributed by atoms with Crippen LogP contribution in [-0.4, -0.2) is 56.5 Å². The van der Waals surface area contributed by atoms with Crippen LogP contribution in [0.15, 0.2) is 54.6 Å². The van der Waals surface area contributed by atoms with Crippen LogP contribution in [0.2, 0.25) is 0 Å². The number of nitrogens with zero attached hydrogens (tertiary/aromatic N) is 2. The standard InChI is InChI=1S/C25H33N5O3S.2ClH/c1-3-34(31,32)30(15-5-7-20-6-4-8-21(18-20)25(27)28)22-9-11-23(12-10-22)33-24-13-16-29(17-14-24)19(2)26;;/h4-12,18,24,26H,3,13-17H2,1-2H3,(H3,27,28);2*1H/b7-5+,26-19?;;. The van der Waals surface area contributed by atoms with Gasteiger partial charge in [-0.05, 0) is 49.7 Å². The maximum Gasteiger partial charge on any atom is 0.235 e. The summed E-state index contributed by atoms with van der Waals surface area (Å²) in [6.07, 6.45) is 5.40. The van der Waals surface area contributed by atoms with Gasteiger partial charge in [0.05, 0.1) is 23.8 Å². The highest BCUT2D eigenvalue weighted by molar-refractivity contribution is 7.92. The number of nitrogens with one attached hydrogen (secondary N) is 2. The number of benzene rings is 2. The quantitative estimate of drug-likeness (QED) is 0.310. The molecule has 1 aliphatic heterocycles. The fraction of sp³-hybridized carbons (Fsp3) is 0.360. The van der Waals surface area contributed by atoms with Gasteiger partial charge < -0.3 is 15.4 Å². The molecule has 3 rings (SSSR count). The normalized spacial score (nSPS) is 14.0. The highest BCUT2D eigenvalue weighted by atomic mass is 35.5. The van der Waals surface area contributed by atoms with Gasteiger partial charge in [-0.1, -0.05) is 30.4 Å². The molecule has 0 aromatic heterocycles. The first kappa shape index (κ1) is 31.3. The number of piperidine rings is 1. The van der Waals surface area contributed by atoms with Crippen LogP contribution in [0.3, 0.4) is 0 Å². The average molecular weight is 557 g/mol. The number of sulfonamides is 1. The fourth-order valence-electron chi connectivity index (χ4n) is 3.82. The number of hydrogen-bond donors (Lipinski definition) is 3. The van der Waals surface area contributed by atoms with Crippen LogP contribution in [0.1, 0.15) is 37.8 Å². The second-order valence-electron chi connectivity index (χ2n) is 8.26. The van der Waals surface area contributed by atoms with Crippen molar-refractivity contribution in [1.29, 1.82) is 10.8 Å². The van der Waals surface area contributed by atoms with Gasteiger partial charge in [-0.15, -0.1) is 24.8 Å². The fourth-order valence-corrected chi connectivity index (χ4v) is 4.89. The smallest absolute Gasteiger partial charge is 0.235 e. The number of nitrogen functional groups attached to an aromatic ring is 1. The van der Waals surface area contributed by atoms with Crippen molar-refractivity contribution in [3.63, 3.8) is 0 Å². The zero-order valence-corrected chi connectivity index (χ0v) is 23.0. The molecule has 0 aliphatic carbocycles. The number of rotatable bonds is 9. The number of amidine groups is 2. The second-order valence-corrected chi connectivity index (χ2v) is 10.4. The minimum Gasteiger partial charge on any atom is -0.490 e. The lowest BCUT2D eigenvalue weighted by Gasteiger charge is -2.32. The Morgan fingerprint density at radius 1 is 1.14 bits per heavy atom. The number of anilines is 1. The summed E-state index contributed by atoms with van der Waals surface area (Å²) in [5, 5.41) is 15.3. The molecule has 198 valence electrons. The predicted molar refractivity (Wildman–Crippen MR) is 153 cm³/mol. The first-order valence-corrected chi connectivity index (χ1v) is 13.0. The van der Waals surface area contributed by atoms with Crippen molar-refractivity contribution in [2.24, 2.45) is 5.73 Å². The Hall–Kier alpha value is -2.75. The van der Waals surface area contributed by atoms with Gasteiger partial charge in [0, 0.05) is 31.5 Å². The van der Waals surface area contributed by atoms with E-state index in [-0.39, 0.29) is 49.1 Å². The molecule has 11 heteroatoms. The van der Waals surface area contributed by atoms with E-state index in [4.69, 9.17) is 21.3 Å². The van der Waals surface area contributed by atoms with Crippen molar-refractivity contribution in [3.05, 3.63) is 65.7 Å². The van der Waals surface area contributed by atoms with Crippen LogP contribution in [-0.2, 0) is 10.0 Å². The Morgan fingerprint density at radius 3 is 2.33 bits per heavy atom. The highest BCUT2D eigenvalue weighted by Crippen LogP contribution is 2.25. The van der Waals surface area contributed by atoms with Crippen molar-refractivity contribution in [2.45, 2.75) is 32.8 Å². The lowest BCUT2D eigenvalue weighted by Crippen LogP contribution is -2.40. The van der Waals surface area contributed by atoms with Crippen LogP contribution in [0.25, 0.3) is 6.08 Å². The van der Waals surface area contributed by atoms with Gasteiger partial charge in [-0.3, -0.25) is 15.1 Å². The predicted octanol–water partition coefficient (Wildman–Crippen LogP) is 4.52. The zero-order chi connectivity index (χ0) is 24.7. The van der Waals surface area contributed by atoms with Crippen molar-refractivity contribution < 1.29 is 13.2 Å². The average Bonchev–Trinajstić information content (AvgIpc) is 2.83. The van der Waals surface area contributed by atoms with Crippen molar-refractivity contribution in [3.8, 4) is 5.75 Å². The van der Waals surface area contributed by atoms with Crippen LogP contribution in [0, 0.1) is 10.8 Å². The van der Waals surface area contributed by atoms with Crippen molar-refractivity contribution >= 4 is 58.3 Å². The summed E-state index contributed by atoms with van der Waals surface area (Å²) in [6.45, 7) is 5.23. The van der Waals surface area contributed by atoms with E-state index in [0.717, 1.165) is 31.5 Å². The van der Waals surface area contributed by atoms with Gasteiger partial charge in [0.1, 0.15) is 17.7 Å². The summed E-state index contributed by atoms with van der Waals surface area (Å²) in [5.74, 6) is 1.27. The minimum atomic E-state index is -3.48. The van der Waals surface area contributed by atoms with Gasteiger partial charge in [0.2, 0.25) is 10.0 Å². The summed E-state index contributed by atoms with van der Waals surface area (Å²) < 4.78 is 33.0. The van der Waals surface area contributed by atoms with Crippen LogP contribution >= 0.6 is 24.8 Å². The lowest BCUT2D eigenvalue weighted by atomic mass is 10.1. The molecule has 4 N–H and O–H groups in total. The molecule has 0 bridgehead atoms. The van der Waals surface area contributed by atoms with E-state index in [1.807, 2.05) is 35.2 Å².